The zero-order valence-corrected chi connectivity index (χ0v) is 8.61. The molecule has 0 saturated carbocycles. The van der Waals surface area contributed by atoms with E-state index >= 15 is 0 Å². The first-order valence-electron chi connectivity index (χ1n) is 4.42. The van der Waals surface area contributed by atoms with Crippen LogP contribution >= 0.6 is 11.3 Å². The molecule has 1 unspecified atom stereocenters. The summed E-state index contributed by atoms with van der Waals surface area (Å²) in [5.41, 5.74) is 0.745. The van der Waals surface area contributed by atoms with Crippen molar-refractivity contribution in [2.75, 3.05) is 0 Å². The first-order chi connectivity index (χ1) is 6.83. The molecular formula is C9H11N3OS. The highest BCUT2D eigenvalue weighted by Gasteiger charge is 2.16. The quantitative estimate of drug-likeness (QED) is 0.832. The molecule has 4 nitrogen and oxygen atoms in total. The minimum atomic E-state index is -0.607. The molecule has 5 heteroatoms. The molecule has 0 aromatic carbocycles. The van der Waals surface area contributed by atoms with Crippen LogP contribution in [0.15, 0.2) is 23.7 Å². The zero-order chi connectivity index (χ0) is 9.97. The van der Waals surface area contributed by atoms with Gasteiger partial charge in [0.1, 0.15) is 6.10 Å². The highest BCUT2D eigenvalue weighted by Crippen LogP contribution is 2.24. The molecule has 1 atom stereocenters. The summed E-state index contributed by atoms with van der Waals surface area (Å²) >= 11 is 1.53. The van der Waals surface area contributed by atoms with E-state index in [4.69, 9.17) is 0 Å². The molecule has 74 valence electrons. The van der Waals surface area contributed by atoms with Crippen molar-refractivity contribution in [2.45, 2.75) is 19.6 Å². The Labute approximate surface area is 85.8 Å². The van der Waals surface area contributed by atoms with Crippen molar-refractivity contribution in [3.63, 3.8) is 0 Å². The van der Waals surface area contributed by atoms with Gasteiger partial charge in [-0.15, -0.1) is 16.4 Å². The summed E-state index contributed by atoms with van der Waals surface area (Å²) in [4.78, 5) is 0.919. The molecule has 14 heavy (non-hydrogen) atoms. The third kappa shape index (κ3) is 1.56. The van der Waals surface area contributed by atoms with Crippen LogP contribution in [-0.2, 0) is 6.54 Å². The van der Waals surface area contributed by atoms with Crippen molar-refractivity contribution in [1.82, 2.24) is 15.0 Å². The summed E-state index contributed by atoms with van der Waals surface area (Å²) in [6.45, 7) is 2.69. The lowest BCUT2D eigenvalue weighted by Crippen LogP contribution is -2.07. The van der Waals surface area contributed by atoms with Gasteiger partial charge in [-0.3, -0.25) is 0 Å². The van der Waals surface area contributed by atoms with Crippen molar-refractivity contribution in [3.05, 3.63) is 34.3 Å². The van der Waals surface area contributed by atoms with Crippen LogP contribution in [0.25, 0.3) is 0 Å². The second-order valence-corrected chi connectivity index (χ2v) is 3.87. The average Bonchev–Trinajstić information content (AvgIpc) is 2.87. The molecule has 0 saturated heterocycles. The molecule has 0 amide bonds. The van der Waals surface area contributed by atoms with Gasteiger partial charge in [-0.1, -0.05) is 11.3 Å². The Morgan fingerprint density at radius 2 is 2.50 bits per heavy atom. The smallest absolute Gasteiger partial charge is 0.131 e. The Hall–Kier alpha value is -1.20. The summed E-state index contributed by atoms with van der Waals surface area (Å²) < 4.78 is 1.70. The number of hydrogen-bond donors (Lipinski definition) is 1. The number of aromatic nitrogens is 3. The minimum Gasteiger partial charge on any atom is -0.381 e. The first-order valence-corrected chi connectivity index (χ1v) is 5.30. The van der Waals surface area contributed by atoms with Gasteiger partial charge in [0.25, 0.3) is 0 Å². The molecule has 1 N–H and O–H groups in total. The van der Waals surface area contributed by atoms with Crippen molar-refractivity contribution in [1.29, 1.82) is 0 Å². The van der Waals surface area contributed by atoms with Gasteiger partial charge in [0, 0.05) is 11.4 Å². The van der Waals surface area contributed by atoms with Crippen LogP contribution in [0.3, 0.4) is 0 Å². The molecule has 2 heterocycles. The Kier molecular flexibility index (Phi) is 2.60. The topological polar surface area (TPSA) is 50.9 Å². The Morgan fingerprint density at radius 3 is 3.14 bits per heavy atom. The van der Waals surface area contributed by atoms with Gasteiger partial charge in [0.15, 0.2) is 0 Å². The van der Waals surface area contributed by atoms with E-state index in [1.165, 1.54) is 11.3 Å². The Balaban J connectivity index is 2.31. The van der Waals surface area contributed by atoms with E-state index < -0.39 is 6.10 Å². The molecule has 2 rings (SSSR count). The molecule has 0 spiro atoms. The lowest BCUT2D eigenvalue weighted by atomic mass is 10.2. The van der Waals surface area contributed by atoms with E-state index in [1.807, 2.05) is 24.4 Å². The molecule has 0 aliphatic carbocycles. The van der Waals surface area contributed by atoms with Gasteiger partial charge in [0.05, 0.1) is 11.9 Å². The van der Waals surface area contributed by atoms with Crippen molar-refractivity contribution < 1.29 is 5.11 Å². The molecule has 2 aromatic rings. The molecule has 0 aliphatic heterocycles. The molecular weight excluding hydrogens is 198 g/mol. The predicted octanol–water partition coefficient (Wildman–Crippen LogP) is 1.44. The van der Waals surface area contributed by atoms with E-state index in [9.17, 15) is 5.11 Å². The van der Waals surface area contributed by atoms with Crippen LogP contribution in [0, 0.1) is 0 Å². The maximum absolute atomic E-state index is 9.99. The molecule has 0 fully saturated rings. The van der Waals surface area contributed by atoms with Crippen LogP contribution in [0.5, 0.6) is 0 Å². The minimum absolute atomic E-state index is 0.607. The van der Waals surface area contributed by atoms with Gasteiger partial charge in [-0.25, -0.2) is 4.68 Å². The number of aliphatic hydroxyl groups excluding tert-OH is 1. The fourth-order valence-electron chi connectivity index (χ4n) is 1.32. The number of thiophene rings is 1. The van der Waals surface area contributed by atoms with Gasteiger partial charge in [0.2, 0.25) is 0 Å². The van der Waals surface area contributed by atoms with E-state index in [0.29, 0.717) is 0 Å². The summed E-state index contributed by atoms with van der Waals surface area (Å²) in [5, 5.41) is 19.6. The van der Waals surface area contributed by atoms with Crippen LogP contribution in [0.2, 0.25) is 0 Å². The second-order valence-electron chi connectivity index (χ2n) is 2.89. The van der Waals surface area contributed by atoms with Crippen molar-refractivity contribution >= 4 is 11.3 Å². The van der Waals surface area contributed by atoms with E-state index in [0.717, 1.165) is 17.1 Å². The third-order valence-corrected chi connectivity index (χ3v) is 2.96. The monoisotopic (exact) mass is 209 g/mol. The molecule has 0 aliphatic rings. The van der Waals surface area contributed by atoms with Gasteiger partial charge < -0.3 is 5.11 Å². The van der Waals surface area contributed by atoms with Crippen LogP contribution in [0.4, 0.5) is 0 Å². The molecule has 2 aromatic heterocycles. The zero-order valence-electron chi connectivity index (χ0n) is 7.79. The number of rotatable bonds is 3. The summed E-state index contributed by atoms with van der Waals surface area (Å²) in [6.07, 6.45) is 0.999. The predicted molar refractivity (Wildman–Crippen MR) is 54.1 cm³/mol. The fraction of sp³-hybridized carbons (Fsp3) is 0.333. The summed E-state index contributed by atoms with van der Waals surface area (Å²) in [5.74, 6) is 0. The fourth-order valence-corrected chi connectivity index (χ4v) is 2.04. The first kappa shape index (κ1) is 9.36. The maximum atomic E-state index is 9.99. The molecule has 0 radical (unpaired) electrons. The lowest BCUT2D eigenvalue weighted by molar-refractivity contribution is 0.212. The number of hydrogen-bond acceptors (Lipinski definition) is 4. The van der Waals surface area contributed by atoms with Gasteiger partial charge in [-0.05, 0) is 18.4 Å². The Bertz CT molecular complexity index is 396. The number of nitrogens with zero attached hydrogens (tertiary/aromatic N) is 3. The molecule has 0 bridgehead atoms. The van der Waals surface area contributed by atoms with Crippen LogP contribution in [0.1, 0.15) is 23.6 Å². The van der Waals surface area contributed by atoms with E-state index in [-0.39, 0.29) is 0 Å². The van der Waals surface area contributed by atoms with Gasteiger partial charge >= 0.3 is 0 Å². The SMILES string of the molecule is CCn1nncc1C(O)c1cccs1. The summed E-state index contributed by atoms with van der Waals surface area (Å²) in [7, 11) is 0. The second kappa shape index (κ2) is 3.89. The number of aryl methyl sites for hydroxylation is 1. The highest BCUT2D eigenvalue weighted by atomic mass is 32.1. The van der Waals surface area contributed by atoms with Crippen molar-refractivity contribution in [3.8, 4) is 0 Å². The van der Waals surface area contributed by atoms with Crippen LogP contribution in [-0.4, -0.2) is 20.1 Å². The van der Waals surface area contributed by atoms with Crippen molar-refractivity contribution in [2.24, 2.45) is 0 Å². The standard InChI is InChI=1S/C9H11N3OS/c1-2-12-7(6-10-11-12)9(13)8-4-3-5-14-8/h3-6,9,13H,2H2,1H3. The summed E-state index contributed by atoms with van der Waals surface area (Å²) in [6, 6.07) is 3.83. The van der Waals surface area contributed by atoms with E-state index in [1.54, 1.807) is 10.9 Å². The van der Waals surface area contributed by atoms with Gasteiger partial charge in [-0.2, -0.15) is 0 Å². The Morgan fingerprint density at radius 1 is 1.64 bits per heavy atom. The van der Waals surface area contributed by atoms with E-state index in [2.05, 4.69) is 10.3 Å². The normalized spacial score (nSPS) is 13.0. The largest absolute Gasteiger partial charge is 0.381 e. The highest BCUT2D eigenvalue weighted by molar-refractivity contribution is 7.10. The lowest BCUT2D eigenvalue weighted by Gasteiger charge is -2.08. The van der Waals surface area contributed by atoms with Crippen LogP contribution < -0.4 is 0 Å². The average molecular weight is 209 g/mol. The third-order valence-electron chi connectivity index (χ3n) is 2.04. The maximum Gasteiger partial charge on any atom is 0.131 e. The number of aliphatic hydroxyl groups is 1.